The first-order chi connectivity index (χ1) is 13.4. The average molecular weight is 390 g/mol. The molecule has 0 aliphatic carbocycles. The van der Waals surface area contributed by atoms with Crippen molar-refractivity contribution in [1.82, 2.24) is 15.0 Å². The highest BCUT2D eigenvalue weighted by molar-refractivity contribution is 5.92. The fraction of sp³-hybridized carbons (Fsp3) is 0.550. The molecule has 0 radical (unpaired) electrons. The summed E-state index contributed by atoms with van der Waals surface area (Å²) >= 11 is 0. The molecule has 1 N–H and O–H groups in total. The zero-order chi connectivity index (χ0) is 20.5. The average Bonchev–Trinajstić information content (AvgIpc) is 3.03. The van der Waals surface area contributed by atoms with Gasteiger partial charge in [-0.15, -0.1) is 0 Å². The first-order valence-corrected chi connectivity index (χ1v) is 9.60. The maximum absolute atomic E-state index is 12.4. The van der Waals surface area contributed by atoms with Crippen LogP contribution in [0.4, 0.5) is 5.69 Å². The maximum Gasteiger partial charge on any atom is 0.240 e. The molecule has 0 atom stereocenters. The van der Waals surface area contributed by atoms with Crippen LogP contribution < -0.4 is 14.8 Å². The molecule has 8 heteroatoms. The maximum atomic E-state index is 12.4. The van der Waals surface area contributed by atoms with Crippen LogP contribution in [-0.4, -0.2) is 47.8 Å². The van der Waals surface area contributed by atoms with Crippen molar-refractivity contribution in [3.05, 3.63) is 29.9 Å². The van der Waals surface area contributed by atoms with Gasteiger partial charge in [-0.25, -0.2) is 0 Å². The van der Waals surface area contributed by atoms with Gasteiger partial charge in [0.05, 0.1) is 26.3 Å². The zero-order valence-electron chi connectivity index (χ0n) is 17.3. The summed E-state index contributed by atoms with van der Waals surface area (Å²) in [4.78, 5) is 18.5. The number of likely N-dealkylation sites (N-methyl/N-ethyl adjacent to an activating group) is 1. The van der Waals surface area contributed by atoms with Crippen LogP contribution >= 0.6 is 0 Å². The summed E-state index contributed by atoms with van der Waals surface area (Å²) in [5.41, 5.74) is 0.655. The highest BCUT2D eigenvalue weighted by Gasteiger charge is 2.14. The van der Waals surface area contributed by atoms with Gasteiger partial charge in [-0.1, -0.05) is 19.0 Å². The smallest absolute Gasteiger partial charge is 0.240 e. The van der Waals surface area contributed by atoms with Gasteiger partial charge in [-0.2, -0.15) is 4.98 Å². The lowest BCUT2D eigenvalue weighted by Crippen LogP contribution is -2.30. The standard InChI is InChI=1S/C20H30N4O4/c1-6-26-16-9-8-15(11-17(16)27-7-2)21-19(25)12-24(5)13-20-22-18(23-28-20)10-14(3)4/h8-9,11,14H,6-7,10,12-13H2,1-5H3,(H,21,25). The summed E-state index contributed by atoms with van der Waals surface area (Å²) in [7, 11) is 1.83. The Labute approximate surface area is 166 Å². The Hall–Kier alpha value is -2.61. The summed E-state index contributed by atoms with van der Waals surface area (Å²) in [5.74, 6) is 2.79. The van der Waals surface area contributed by atoms with Gasteiger partial charge in [-0.05, 0) is 38.9 Å². The number of anilines is 1. The van der Waals surface area contributed by atoms with E-state index in [-0.39, 0.29) is 12.5 Å². The van der Waals surface area contributed by atoms with Crippen molar-refractivity contribution in [2.24, 2.45) is 5.92 Å². The summed E-state index contributed by atoms with van der Waals surface area (Å²) in [5, 5.41) is 6.84. The van der Waals surface area contributed by atoms with Crippen molar-refractivity contribution in [3.63, 3.8) is 0 Å². The van der Waals surface area contributed by atoms with Crippen molar-refractivity contribution in [1.29, 1.82) is 0 Å². The molecule has 2 aromatic rings. The minimum Gasteiger partial charge on any atom is -0.490 e. The van der Waals surface area contributed by atoms with Gasteiger partial charge in [0.15, 0.2) is 17.3 Å². The summed E-state index contributed by atoms with van der Waals surface area (Å²) in [6, 6.07) is 5.35. The van der Waals surface area contributed by atoms with Crippen LogP contribution in [0.5, 0.6) is 11.5 Å². The number of rotatable bonds is 11. The van der Waals surface area contributed by atoms with E-state index in [1.165, 1.54) is 0 Å². The lowest BCUT2D eigenvalue weighted by Gasteiger charge is -2.15. The second-order valence-electron chi connectivity index (χ2n) is 6.95. The molecule has 8 nitrogen and oxygen atoms in total. The van der Waals surface area contributed by atoms with Crippen LogP contribution in [0, 0.1) is 5.92 Å². The Morgan fingerprint density at radius 2 is 1.93 bits per heavy atom. The molecule has 0 fully saturated rings. The van der Waals surface area contributed by atoms with Gasteiger partial charge < -0.3 is 19.3 Å². The molecule has 0 unspecified atom stereocenters. The Kier molecular flexibility index (Phi) is 8.25. The Morgan fingerprint density at radius 1 is 1.21 bits per heavy atom. The lowest BCUT2D eigenvalue weighted by atomic mass is 10.1. The number of carbonyl (C=O) groups excluding carboxylic acids is 1. The quantitative estimate of drug-likeness (QED) is 0.630. The largest absolute Gasteiger partial charge is 0.490 e. The molecule has 154 valence electrons. The van der Waals surface area contributed by atoms with Gasteiger partial charge in [0.2, 0.25) is 11.8 Å². The van der Waals surface area contributed by atoms with Gasteiger partial charge in [0, 0.05) is 18.2 Å². The van der Waals surface area contributed by atoms with Crippen LogP contribution in [0.2, 0.25) is 0 Å². The number of nitrogens with zero attached hydrogens (tertiary/aromatic N) is 3. The van der Waals surface area contributed by atoms with Gasteiger partial charge in [0.25, 0.3) is 0 Å². The van der Waals surface area contributed by atoms with E-state index in [0.29, 0.717) is 54.6 Å². The van der Waals surface area contributed by atoms with Crippen LogP contribution in [0.15, 0.2) is 22.7 Å². The van der Waals surface area contributed by atoms with Crippen molar-refractivity contribution in [2.75, 3.05) is 32.1 Å². The number of benzene rings is 1. The molecule has 28 heavy (non-hydrogen) atoms. The Bertz CT molecular complexity index is 760. The molecule has 0 aliphatic heterocycles. The molecule has 0 spiro atoms. The van der Waals surface area contributed by atoms with Crippen LogP contribution in [-0.2, 0) is 17.8 Å². The van der Waals surface area contributed by atoms with Crippen LogP contribution in [0.3, 0.4) is 0 Å². The predicted octanol–water partition coefficient (Wildman–Crippen LogP) is 3.14. The molecule has 0 bridgehead atoms. The molecule has 2 rings (SSSR count). The van der Waals surface area contributed by atoms with Crippen molar-refractivity contribution in [2.45, 2.75) is 40.7 Å². The fourth-order valence-corrected chi connectivity index (χ4v) is 2.66. The second kappa shape index (κ2) is 10.7. The first-order valence-electron chi connectivity index (χ1n) is 9.60. The van der Waals surface area contributed by atoms with E-state index < -0.39 is 0 Å². The molecular weight excluding hydrogens is 360 g/mol. The fourth-order valence-electron chi connectivity index (χ4n) is 2.66. The van der Waals surface area contributed by atoms with E-state index in [1.54, 1.807) is 18.2 Å². The Morgan fingerprint density at radius 3 is 2.61 bits per heavy atom. The molecular formula is C20H30N4O4. The number of hydrogen-bond donors (Lipinski definition) is 1. The number of aromatic nitrogens is 2. The summed E-state index contributed by atoms with van der Waals surface area (Å²) in [6.07, 6.45) is 0.771. The van der Waals surface area contributed by atoms with Crippen molar-refractivity contribution >= 4 is 11.6 Å². The van der Waals surface area contributed by atoms with E-state index in [9.17, 15) is 4.79 Å². The molecule has 1 aromatic heterocycles. The highest BCUT2D eigenvalue weighted by atomic mass is 16.5. The third-order valence-corrected chi connectivity index (χ3v) is 3.75. The number of ether oxygens (including phenoxy) is 2. The van der Waals surface area contributed by atoms with E-state index >= 15 is 0 Å². The van der Waals surface area contributed by atoms with E-state index in [0.717, 1.165) is 6.42 Å². The molecule has 0 saturated heterocycles. The minimum atomic E-state index is -0.143. The molecule has 1 heterocycles. The second-order valence-corrected chi connectivity index (χ2v) is 6.95. The van der Waals surface area contributed by atoms with Crippen molar-refractivity contribution < 1.29 is 18.8 Å². The molecule has 0 saturated carbocycles. The normalized spacial score (nSPS) is 11.1. The Balaban J connectivity index is 1.90. The van der Waals surface area contributed by atoms with Gasteiger partial charge >= 0.3 is 0 Å². The molecule has 1 amide bonds. The zero-order valence-corrected chi connectivity index (χ0v) is 17.3. The lowest BCUT2D eigenvalue weighted by molar-refractivity contribution is -0.117. The predicted molar refractivity (Wildman–Crippen MR) is 107 cm³/mol. The minimum absolute atomic E-state index is 0.143. The van der Waals surface area contributed by atoms with E-state index in [2.05, 4.69) is 29.3 Å². The third kappa shape index (κ3) is 6.84. The monoisotopic (exact) mass is 390 g/mol. The number of carbonyl (C=O) groups is 1. The summed E-state index contributed by atoms with van der Waals surface area (Å²) in [6.45, 7) is 9.69. The third-order valence-electron chi connectivity index (χ3n) is 3.75. The van der Waals surface area contributed by atoms with Crippen LogP contribution in [0.1, 0.15) is 39.4 Å². The topological polar surface area (TPSA) is 89.7 Å². The SMILES string of the molecule is CCOc1ccc(NC(=O)CN(C)Cc2nc(CC(C)C)no2)cc1OCC. The van der Waals surface area contributed by atoms with Crippen molar-refractivity contribution in [3.8, 4) is 11.5 Å². The van der Waals surface area contributed by atoms with Gasteiger partial charge in [0.1, 0.15) is 0 Å². The van der Waals surface area contributed by atoms with E-state index in [4.69, 9.17) is 14.0 Å². The number of nitrogens with one attached hydrogen (secondary N) is 1. The molecule has 1 aromatic carbocycles. The van der Waals surface area contributed by atoms with Crippen LogP contribution in [0.25, 0.3) is 0 Å². The first kappa shape index (κ1) is 21.7. The molecule has 0 aliphatic rings. The number of hydrogen-bond acceptors (Lipinski definition) is 7. The van der Waals surface area contributed by atoms with Gasteiger partial charge in [-0.3, -0.25) is 9.69 Å². The number of amides is 1. The van der Waals surface area contributed by atoms with E-state index in [1.807, 2.05) is 25.8 Å². The summed E-state index contributed by atoms with van der Waals surface area (Å²) < 4.78 is 16.4. The highest BCUT2D eigenvalue weighted by Crippen LogP contribution is 2.30.